The van der Waals surface area contributed by atoms with Crippen LogP contribution >= 0.6 is 19.3 Å². The Morgan fingerprint density at radius 2 is 2.06 bits per heavy atom. The van der Waals surface area contributed by atoms with Crippen molar-refractivity contribution >= 4 is 37.0 Å². The van der Waals surface area contributed by atoms with E-state index in [1.165, 1.54) is 0 Å². The SMILES string of the molecule is CCOC(=O)c1c(NCc2ccc(Cl)nc2)nn([P@]2(=O)OCC(C)(C)[C@@H](c3ccccc3)O2)c1N. The van der Waals surface area contributed by atoms with Crippen molar-refractivity contribution in [3.63, 3.8) is 0 Å². The van der Waals surface area contributed by atoms with E-state index in [1.807, 2.05) is 44.2 Å². The van der Waals surface area contributed by atoms with Gasteiger partial charge in [-0.2, -0.15) is 0 Å². The lowest BCUT2D eigenvalue weighted by Gasteiger charge is -2.41. The third-order valence-corrected chi connectivity index (χ3v) is 7.44. The molecule has 1 saturated heterocycles. The van der Waals surface area contributed by atoms with Crippen molar-refractivity contribution in [1.29, 1.82) is 0 Å². The van der Waals surface area contributed by atoms with Gasteiger partial charge in [-0.25, -0.2) is 14.3 Å². The fourth-order valence-corrected chi connectivity index (χ4v) is 5.80. The van der Waals surface area contributed by atoms with E-state index in [-0.39, 0.29) is 37.0 Å². The molecule has 0 unspecified atom stereocenters. The number of nitrogen functional groups attached to an aromatic ring is 1. The zero-order valence-corrected chi connectivity index (χ0v) is 21.3. The summed E-state index contributed by atoms with van der Waals surface area (Å²) >= 11 is 5.85. The van der Waals surface area contributed by atoms with Crippen molar-refractivity contribution in [2.45, 2.75) is 33.4 Å². The van der Waals surface area contributed by atoms with Crippen molar-refractivity contribution < 1.29 is 23.1 Å². The van der Waals surface area contributed by atoms with Crippen molar-refractivity contribution in [3.05, 3.63) is 70.5 Å². The van der Waals surface area contributed by atoms with E-state index in [1.54, 1.807) is 25.3 Å². The lowest BCUT2D eigenvalue weighted by Crippen LogP contribution is -2.34. The van der Waals surface area contributed by atoms with Crippen molar-refractivity contribution in [2.24, 2.45) is 5.41 Å². The van der Waals surface area contributed by atoms with Crippen LogP contribution < -0.4 is 11.1 Å². The molecule has 2 atom stereocenters. The predicted octanol–water partition coefficient (Wildman–Crippen LogP) is 5.07. The maximum atomic E-state index is 14.0. The molecule has 10 nitrogen and oxygen atoms in total. The Kier molecular flexibility index (Phi) is 7.19. The maximum absolute atomic E-state index is 14.0. The lowest BCUT2D eigenvalue weighted by atomic mass is 9.83. The van der Waals surface area contributed by atoms with Crippen LogP contribution in [0.15, 0.2) is 48.7 Å². The molecule has 35 heavy (non-hydrogen) atoms. The van der Waals surface area contributed by atoms with E-state index >= 15 is 0 Å². The van der Waals surface area contributed by atoms with Crippen LogP contribution in [0.2, 0.25) is 5.15 Å². The second kappa shape index (κ2) is 9.99. The normalized spacial score (nSPS) is 21.4. The number of benzene rings is 1. The molecular weight excluding hydrogens is 493 g/mol. The largest absolute Gasteiger partial charge is 0.462 e. The summed E-state index contributed by atoms with van der Waals surface area (Å²) in [5.41, 5.74) is 7.37. The first-order valence-corrected chi connectivity index (χ1v) is 12.9. The number of esters is 1. The molecule has 1 aliphatic heterocycles. The number of nitrogens with zero attached hydrogens (tertiary/aromatic N) is 3. The third kappa shape index (κ3) is 5.21. The number of pyridine rings is 1. The number of hydrogen-bond donors (Lipinski definition) is 2. The molecule has 3 heterocycles. The van der Waals surface area contributed by atoms with Gasteiger partial charge in [-0.05, 0) is 24.1 Å². The minimum Gasteiger partial charge on any atom is -0.462 e. The van der Waals surface area contributed by atoms with Gasteiger partial charge in [0, 0.05) is 18.2 Å². The van der Waals surface area contributed by atoms with Gasteiger partial charge in [0.2, 0.25) is 0 Å². The van der Waals surface area contributed by atoms with Gasteiger partial charge in [0.25, 0.3) is 0 Å². The molecule has 2 aromatic heterocycles. The lowest BCUT2D eigenvalue weighted by molar-refractivity contribution is -0.0304. The highest BCUT2D eigenvalue weighted by Crippen LogP contribution is 2.62. The summed E-state index contributed by atoms with van der Waals surface area (Å²) < 4.78 is 31.9. The second-order valence-electron chi connectivity index (χ2n) is 8.69. The fourth-order valence-electron chi connectivity index (χ4n) is 3.70. The number of aromatic nitrogens is 3. The van der Waals surface area contributed by atoms with Crippen LogP contribution in [0, 0.1) is 5.41 Å². The van der Waals surface area contributed by atoms with Gasteiger partial charge in [0.15, 0.2) is 5.82 Å². The van der Waals surface area contributed by atoms with Gasteiger partial charge >= 0.3 is 13.7 Å². The maximum Gasteiger partial charge on any atom is 0.457 e. The number of halogens is 1. The van der Waals surface area contributed by atoms with Crippen LogP contribution in [-0.2, 0) is 24.9 Å². The Balaban J connectivity index is 1.70. The molecule has 0 radical (unpaired) electrons. The topological polar surface area (TPSA) is 131 Å². The molecule has 186 valence electrons. The van der Waals surface area contributed by atoms with E-state index in [4.69, 9.17) is 31.1 Å². The molecule has 1 aliphatic rings. The quantitative estimate of drug-likeness (QED) is 0.249. The third-order valence-electron chi connectivity index (χ3n) is 5.51. The molecular formula is C23H27ClN5O5P. The van der Waals surface area contributed by atoms with Gasteiger partial charge < -0.3 is 15.8 Å². The standard InChI is InChI=1S/C23H27ClN5O5P/c1-4-32-22(30)18-20(25)29(28-21(18)27-13-15-10-11-17(24)26-12-15)35(31)33-14-23(2,3)19(34-35)16-8-6-5-7-9-16/h5-12,19H,4,13-14,25H2,1-3H3,(H,27,28)/t19-,35+/m1/s1. The molecule has 3 N–H and O–H groups in total. The Morgan fingerprint density at radius 3 is 2.71 bits per heavy atom. The summed E-state index contributed by atoms with van der Waals surface area (Å²) in [5, 5.41) is 7.73. The number of carbonyl (C=O) groups is 1. The highest BCUT2D eigenvalue weighted by molar-refractivity contribution is 7.52. The summed E-state index contributed by atoms with van der Waals surface area (Å²) in [4.78, 5) is 16.8. The zero-order chi connectivity index (χ0) is 25.2. The first kappa shape index (κ1) is 25.2. The summed E-state index contributed by atoms with van der Waals surface area (Å²) in [6, 6.07) is 12.9. The molecule has 0 saturated carbocycles. The van der Waals surface area contributed by atoms with E-state index < -0.39 is 25.2 Å². The number of carbonyl (C=O) groups excluding carboxylic acids is 1. The van der Waals surface area contributed by atoms with Crippen LogP contribution in [-0.4, -0.2) is 33.7 Å². The summed E-state index contributed by atoms with van der Waals surface area (Å²) in [6.45, 7) is 6.08. The molecule has 0 spiro atoms. The Labute approximate surface area is 208 Å². The van der Waals surface area contributed by atoms with Gasteiger partial charge in [-0.3, -0.25) is 9.05 Å². The Bertz CT molecular complexity index is 1250. The van der Waals surface area contributed by atoms with Crippen molar-refractivity contribution in [1.82, 2.24) is 14.5 Å². The highest BCUT2D eigenvalue weighted by Gasteiger charge is 2.48. The average molecular weight is 520 g/mol. The first-order valence-electron chi connectivity index (χ1n) is 11.0. The van der Waals surface area contributed by atoms with Gasteiger partial charge in [0.1, 0.15) is 22.6 Å². The van der Waals surface area contributed by atoms with Gasteiger partial charge in [-0.15, -0.1) is 9.55 Å². The van der Waals surface area contributed by atoms with Crippen LogP contribution in [0.4, 0.5) is 11.6 Å². The number of anilines is 2. The van der Waals surface area contributed by atoms with Gasteiger partial charge in [0.05, 0.1) is 13.2 Å². The van der Waals surface area contributed by atoms with Gasteiger partial charge in [-0.1, -0.05) is 61.8 Å². The van der Waals surface area contributed by atoms with Crippen LogP contribution in [0.1, 0.15) is 48.4 Å². The summed E-state index contributed by atoms with van der Waals surface area (Å²) in [6.07, 6.45) is 1.02. The molecule has 3 aromatic rings. The molecule has 0 bridgehead atoms. The predicted molar refractivity (Wildman–Crippen MR) is 132 cm³/mol. The molecule has 12 heteroatoms. The number of nitrogens with one attached hydrogen (secondary N) is 1. The van der Waals surface area contributed by atoms with E-state index in [2.05, 4.69) is 15.4 Å². The summed E-state index contributed by atoms with van der Waals surface area (Å²) in [5.74, 6) is -0.814. The minimum absolute atomic E-state index is 0.0581. The average Bonchev–Trinajstić information content (AvgIpc) is 3.18. The zero-order valence-electron chi connectivity index (χ0n) is 19.6. The second-order valence-corrected chi connectivity index (χ2v) is 10.9. The highest BCUT2D eigenvalue weighted by atomic mass is 35.5. The molecule has 0 aliphatic carbocycles. The smallest absolute Gasteiger partial charge is 0.457 e. The van der Waals surface area contributed by atoms with Crippen LogP contribution in [0.5, 0.6) is 0 Å². The number of nitrogens with two attached hydrogens (primary N) is 1. The van der Waals surface area contributed by atoms with E-state index in [0.29, 0.717) is 5.15 Å². The number of rotatable bonds is 7. The Hall–Kier alpha value is -2.91. The van der Waals surface area contributed by atoms with Crippen molar-refractivity contribution in [3.8, 4) is 0 Å². The molecule has 1 fully saturated rings. The Morgan fingerprint density at radius 1 is 1.31 bits per heavy atom. The first-order chi connectivity index (χ1) is 16.6. The molecule has 0 amide bonds. The number of ether oxygens (including phenoxy) is 1. The van der Waals surface area contributed by atoms with E-state index in [0.717, 1.165) is 15.6 Å². The summed E-state index contributed by atoms with van der Waals surface area (Å²) in [7, 11) is -4.07. The molecule has 1 aromatic carbocycles. The van der Waals surface area contributed by atoms with Crippen LogP contribution in [0.3, 0.4) is 0 Å². The van der Waals surface area contributed by atoms with Crippen molar-refractivity contribution in [2.75, 3.05) is 24.3 Å². The fraction of sp³-hybridized carbons (Fsp3) is 0.348. The minimum atomic E-state index is -4.07. The monoisotopic (exact) mass is 519 g/mol. The van der Waals surface area contributed by atoms with Crippen LogP contribution in [0.25, 0.3) is 0 Å². The van der Waals surface area contributed by atoms with E-state index in [9.17, 15) is 9.36 Å². The number of hydrogen-bond acceptors (Lipinski definition) is 9. The molecule has 4 rings (SSSR count).